The number of aliphatic hydroxyl groups excluding tert-OH is 1. The molecule has 1 aliphatic rings. The van der Waals surface area contributed by atoms with Crippen molar-refractivity contribution in [1.82, 2.24) is 4.98 Å². The first kappa shape index (κ1) is 17.2. The molecule has 3 rings (SSSR count). The number of aromatic amines is 1. The van der Waals surface area contributed by atoms with E-state index in [0.717, 1.165) is 0 Å². The third-order valence-corrected chi connectivity index (χ3v) is 4.26. The van der Waals surface area contributed by atoms with Crippen molar-refractivity contribution in [3.63, 3.8) is 0 Å². The molecule has 0 radical (unpaired) electrons. The zero-order valence-corrected chi connectivity index (χ0v) is 14.6. The highest BCUT2D eigenvalue weighted by Crippen LogP contribution is 2.43. The molecule has 1 aromatic heterocycles. The van der Waals surface area contributed by atoms with Crippen molar-refractivity contribution in [3.05, 3.63) is 57.5 Å². The predicted octanol–water partition coefficient (Wildman–Crippen LogP) is 2.78. The quantitative estimate of drug-likeness (QED) is 0.800. The molecule has 0 saturated heterocycles. The topological polar surface area (TPSA) is 91.4 Å². The molecule has 2 heterocycles. The Kier molecular flexibility index (Phi) is 4.39. The fraction of sp³-hybridized carbons (Fsp3) is 0.368. The molecule has 6 heteroatoms. The first-order chi connectivity index (χ1) is 11.8. The van der Waals surface area contributed by atoms with Crippen molar-refractivity contribution in [2.75, 3.05) is 5.32 Å². The van der Waals surface area contributed by atoms with Gasteiger partial charge in [-0.2, -0.15) is 0 Å². The van der Waals surface area contributed by atoms with Gasteiger partial charge in [0.25, 0.3) is 5.91 Å². The van der Waals surface area contributed by atoms with Crippen LogP contribution in [0.4, 0.5) is 5.69 Å². The number of aryl methyl sites for hydroxylation is 1. The molecule has 6 nitrogen and oxygen atoms in total. The van der Waals surface area contributed by atoms with Crippen LogP contribution < -0.4 is 15.6 Å². The molecule has 1 aliphatic heterocycles. The number of H-pyrrole nitrogens is 1. The van der Waals surface area contributed by atoms with Crippen LogP contribution in [0.1, 0.15) is 54.9 Å². The number of ether oxygens (including phenoxy) is 1. The number of carbonyl (C=O) groups excluding carboxylic acids is 1. The van der Waals surface area contributed by atoms with Gasteiger partial charge < -0.3 is 20.1 Å². The number of hydrogen-bond acceptors (Lipinski definition) is 4. The number of rotatable bonds is 3. The number of benzene rings is 1. The lowest BCUT2D eigenvalue weighted by Gasteiger charge is -2.36. The summed E-state index contributed by atoms with van der Waals surface area (Å²) in [6, 6.07) is 8.19. The van der Waals surface area contributed by atoms with E-state index >= 15 is 0 Å². The molecule has 0 bridgehead atoms. The fourth-order valence-corrected chi connectivity index (χ4v) is 3.04. The van der Waals surface area contributed by atoms with E-state index in [0.29, 0.717) is 35.5 Å². The number of amides is 1. The number of anilines is 1. The lowest BCUT2D eigenvalue weighted by molar-refractivity contribution is 0.0121. The monoisotopic (exact) mass is 342 g/mol. The van der Waals surface area contributed by atoms with Crippen LogP contribution in [0.3, 0.4) is 0 Å². The van der Waals surface area contributed by atoms with Crippen LogP contribution in [0, 0.1) is 0 Å². The molecule has 132 valence electrons. The number of aliphatic hydroxyl groups is 1. The number of pyridine rings is 1. The molecular weight excluding hydrogens is 320 g/mol. The Hall–Kier alpha value is -2.60. The minimum atomic E-state index is -0.651. The lowest BCUT2D eigenvalue weighted by Crippen LogP contribution is -2.35. The molecule has 0 spiro atoms. The first-order valence-corrected chi connectivity index (χ1v) is 8.33. The van der Waals surface area contributed by atoms with E-state index in [2.05, 4.69) is 10.3 Å². The van der Waals surface area contributed by atoms with E-state index in [4.69, 9.17) is 4.74 Å². The normalized spacial score (nSPS) is 18.2. The van der Waals surface area contributed by atoms with E-state index in [1.165, 1.54) is 6.07 Å². The summed E-state index contributed by atoms with van der Waals surface area (Å²) in [5.74, 6) is 0.0795. The Morgan fingerprint density at radius 1 is 1.40 bits per heavy atom. The van der Waals surface area contributed by atoms with Gasteiger partial charge in [-0.1, -0.05) is 19.1 Å². The molecule has 1 unspecified atom stereocenters. The van der Waals surface area contributed by atoms with Crippen molar-refractivity contribution in [1.29, 1.82) is 0 Å². The summed E-state index contributed by atoms with van der Waals surface area (Å²) in [5.41, 5.74) is 1.26. The second kappa shape index (κ2) is 6.37. The number of para-hydroxylation sites is 1. The maximum atomic E-state index is 12.6. The molecule has 3 N–H and O–H groups in total. The number of fused-ring (bicyclic) bond motifs is 1. The molecule has 1 atom stereocenters. The molecule has 25 heavy (non-hydrogen) atoms. The Balaban J connectivity index is 1.94. The van der Waals surface area contributed by atoms with Gasteiger partial charge in [-0.25, -0.2) is 0 Å². The maximum absolute atomic E-state index is 12.6. The Bertz CT molecular complexity index is 870. The van der Waals surface area contributed by atoms with Gasteiger partial charge in [-0.05, 0) is 32.4 Å². The summed E-state index contributed by atoms with van der Waals surface area (Å²) in [6.07, 6.45) is 0.452. The van der Waals surface area contributed by atoms with Gasteiger partial charge in [-0.3, -0.25) is 9.59 Å². The average molecular weight is 342 g/mol. The van der Waals surface area contributed by atoms with Crippen LogP contribution in [0.25, 0.3) is 0 Å². The highest BCUT2D eigenvalue weighted by atomic mass is 16.5. The van der Waals surface area contributed by atoms with E-state index in [1.54, 1.807) is 24.3 Å². The summed E-state index contributed by atoms with van der Waals surface area (Å²) in [6.45, 7) is 5.68. The van der Waals surface area contributed by atoms with Gasteiger partial charge >= 0.3 is 0 Å². The number of hydrogen-bond donors (Lipinski definition) is 3. The summed E-state index contributed by atoms with van der Waals surface area (Å²) >= 11 is 0. The fourth-order valence-electron chi connectivity index (χ4n) is 3.04. The zero-order chi connectivity index (χ0) is 18.2. The van der Waals surface area contributed by atoms with Gasteiger partial charge in [0.1, 0.15) is 11.4 Å². The van der Waals surface area contributed by atoms with Gasteiger partial charge in [-0.15, -0.1) is 0 Å². The highest BCUT2D eigenvalue weighted by molar-refractivity contribution is 6.05. The van der Waals surface area contributed by atoms with Gasteiger partial charge in [0, 0.05) is 29.3 Å². The van der Waals surface area contributed by atoms with Gasteiger partial charge in [0.15, 0.2) is 0 Å². The molecule has 0 aliphatic carbocycles. The van der Waals surface area contributed by atoms with E-state index < -0.39 is 17.6 Å². The highest BCUT2D eigenvalue weighted by Gasteiger charge is 2.34. The van der Waals surface area contributed by atoms with Gasteiger partial charge in [0.2, 0.25) is 5.56 Å². The van der Waals surface area contributed by atoms with Crippen LogP contribution in [0.5, 0.6) is 5.75 Å². The van der Waals surface area contributed by atoms with Gasteiger partial charge in [0.05, 0.1) is 11.8 Å². The Morgan fingerprint density at radius 2 is 2.16 bits per heavy atom. The first-order valence-electron chi connectivity index (χ1n) is 8.33. The predicted molar refractivity (Wildman–Crippen MR) is 95.1 cm³/mol. The van der Waals surface area contributed by atoms with Crippen LogP contribution in [-0.4, -0.2) is 21.6 Å². The Morgan fingerprint density at radius 3 is 2.88 bits per heavy atom. The summed E-state index contributed by atoms with van der Waals surface area (Å²) in [7, 11) is 0. The van der Waals surface area contributed by atoms with Crippen LogP contribution in [0.15, 0.2) is 35.1 Å². The molecule has 1 amide bonds. The van der Waals surface area contributed by atoms with E-state index in [1.807, 2.05) is 20.8 Å². The smallest absolute Gasteiger partial charge is 0.256 e. The van der Waals surface area contributed by atoms with Crippen molar-refractivity contribution in [2.45, 2.75) is 45.3 Å². The van der Waals surface area contributed by atoms with E-state index in [9.17, 15) is 14.7 Å². The van der Waals surface area contributed by atoms with Crippen LogP contribution >= 0.6 is 0 Å². The number of aromatic nitrogens is 1. The third-order valence-electron chi connectivity index (χ3n) is 4.26. The molecule has 2 aromatic rings. The van der Waals surface area contributed by atoms with E-state index in [-0.39, 0.29) is 11.1 Å². The maximum Gasteiger partial charge on any atom is 0.256 e. The van der Waals surface area contributed by atoms with Crippen LogP contribution in [-0.2, 0) is 6.42 Å². The largest absolute Gasteiger partial charge is 0.485 e. The lowest BCUT2D eigenvalue weighted by atomic mass is 9.91. The van der Waals surface area contributed by atoms with Crippen molar-refractivity contribution in [3.8, 4) is 5.75 Å². The standard InChI is InChI=1S/C19H22N2O4/c1-4-12-8-11(9-16(23)20-12)18(24)21-14-7-5-6-13-15(22)10-19(2,3)25-17(13)14/h5-9,15,22H,4,10H2,1-3H3,(H,20,23)(H,21,24). The molecule has 0 saturated carbocycles. The summed E-state index contributed by atoms with van der Waals surface area (Å²) < 4.78 is 5.98. The number of nitrogens with one attached hydrogen (secondary N) is 2. The average Bonchev–Trinajstić information content (AvgIpc) is 2.54. The zero-order valence-electron chi connectivity index (χ0n) is 14.6. The molecule has 1 aromatic carbocycles. The van der Waals surface area contributed by atoms with Crippen molar-refractivity contribution >= 4 is 11.6 Å². The molecule has 0 fully saturated rings. The summed E-state index contributed by atoms with van der Waals surface area (Å²) in [5, 5.41) is 13.1. The SMILES string of the molecule is CCc1cc(C(=O)Nc2cccc3c2OC(C)(C)CC3O)cc(=O)[nH]1. The van der Waals surface area contributed by atoms with Crippen molar-refractivity contribution < 1.29 is 14.6 Å². The number of carbonyl (C=O) groups is 1. The third kappa shape index (κ3) is 3.58. The second-order valence-corrected chi connectivity index (χ2v) is 6.87. The minimum absolute atomic E-state index is 0.286. The van der Waals surface area contributed by atoms with Crippen molar-refractivity contribution in [2.24, 2.45) is 0 Å². The molecular formula is C19H22N2O4. The Labute approximate surface area is 145 Å². The summed E-state index contributed by atoms with van der Waals surface area (Å²) in [4.78, 5) is 27.0. The van der Waals surface area contributed by atoms with Crippen LogP contribution in [0.2, 0.25) is 0 Å². The second-order valence-electron chi connectivity index (χ2n) is 6.87. The minimum Gasteiger partial charge on any atom is -0.485 e.